The molecule has 1 aromatic heterocycles. The van der Waals surface area contributed by atoms with E-state index in [1.165, 1.54) is 0 Å². The lowest BCUT2D eigenvalue weighted by Gasteiger charge is -1.95. The highest BCUT2D eigenvalue weighted by atomic mass is 16.5. The highest BCUT2D eigenvalue weighted by molar-refractivity contribution is 5.92. The molecule has 0 aliphatic carbocycles. The van der Waals surface area contributed by atoms with E-state index in [2.05, 4.69) is 4.98 Å². The molecule has 0 spiro atoms. The summed E-state index contributed by atoms with van der Waals surface area (Å²) in [5.41, 5.74) is 0.845. The Morgan fingerprint density at radius 2 is 2.00 bits per heavy atom. The first kappa shape index (κ1) is 10.9. The van der Waals surface area contributed by atoms with Crippen LogP contribution in [0.2, 0.25) is 0 Å². The quantitative estimate of drug-likeness (QED) is 0.622. The molecule has 17 heavy (non-hydrogen) atoms. The number of para-hydroxylation sites is 1. The molecular formula is C12H9NO4. The zero-order chi connectivity index (χ0) is 12.3. The van der Waals surface area contributed by atoms with Gasteiger partial charge >= 0.3 is 11.9 Å². The Morgan fingerprint density at radius 3 is 2.71 bits per heavy atom. The van der Waals surface area contributed by atoms with Crippen molar-refractivity contribution in [3.8, 4) is 5.88 Å². The van der Waals surface area contributed by atoms with E-state index < -0.39 is 11.9 Å². The maximum absolute atomic E-state index is 11.2. The zero-order valence-electron chi connectivity index (χ0n) is 8.71. The predicted molar refractivity (Wildman–Crippen MR) is 60.7 cm³/mol. The number of aromatic amines is 1. The number of hydrogen-bond donors (Lipinski definition) is 2. The first-order valence-electron chi connectivity index (χ1n) is 4.86. The molecule has 0 amide bonds. The number of carbonyl (C=O) groups excluding carboxylic acids is 1. The largest absolute Gasteiger partial charge is 0.478 e. The van der Waals surface area contributed by atoms with E-state index >= 15 is 0 Å². The number of ether oxygens (including phenoxy) is 1. The van der Waals surface area contributed by atoms with Gasteiger partial charge in [0.2, 0.25) is 5.88 Å². The number of hydrogen-bond acceptors (Lipinski definition) is 3. The summed E-state index contributed by atoms with van der Waals surface area (Å²) in [6.07, 6.45) is 1.58. The van der Waals surface area contributed by atoms with Crippen molar-refractivity contribution in [2.24, 2.45) is 0 Å². The van der Waals surface area contributed by atoms with Gasteiger partial charge in [-0.3, -0.25) is 0 Å². The molecule has 0 unspecified atom stereocenters. The number of aromatic nitrogens is 1. The SMILES string of the molecule is O=C(O)/C=C/C(=O)Oc1cc2ccccc2[nH]1. The van der Waals surface area contributed by atoms with Crippen LogP contribution in [0.1, 0.15) is 0 Å². The van der Waals surface area contributed by atoms with Crippen molar-refractivity contribution in [1.82, 2.24) is 4.98 Å². The molecule has 5 nitrogen and oxygen atoms in total. The number of benzene rings is 1. The Morgan fingerprint density at radius 1 is 1.24 bits per heavy atom. The molecule has 0 aliphatic rings. The van der Waals surface area contributed by atoms with Gasteiger partial charge in [0.25, 0.3) is 0 Å². The second-order valence-corrected chi connectivity index (χ2v) is 3.31. The van der Waals surface area contributed by atoms with Crippen LogP contribution >= 0.6 is 0 Å². The monoisotopic (exact) mass is 231 g/mol. The number of fused-ring (bicyclic) bond motifs is 1. The van der Waals surface area contributed by atoms with Crippen LogP contribution in [0.4, 0.5) is 0 Å². The molecule has 2 aromatic rings. The third-order valence-electron chi connectivity index (χ3n) is 2.08. The number of esters is 1. The molecule has 0 saturated heterocycles. The summed E-state index contributed by atoms with van der Waals surface area (Å²) in [7, 11) is 0. The van der Waals surface area contributed by atoms with Crippen molar-refractivity contribution in [1.29, 1.82) is 0 Å². The number of aliphatic carboxylic acids is 1. The van der Waals surface area contributed by atoms with Crippen molar-refractivity contribution < 1.29 is 19.4 Å². The van der Waals surface area contributed by atoms with Crippen LogP contribution < -0.4 is 4.74 Å². The normalized spacial score (nSPS) is 10.8. The van der Waals surface area contributed by atoms with Crippen molar-refractivity contribution in [2.75, 3.05) is 0 Å². The summed E-state index contributed by atoms with van der Waals surface area (Å²) >= 11 is 0. The molecule has 0 saturated carbocycles. The second kappa shape index (κ2) is 4.52. The maximum Gasteiger partial charge on any atom is 0.337 e. The van der Waals surface area contributed by atoms with Crippen LogP contribution in [0.25, 0.3) is 10.9 Å². The Kier molecular flexibility index (Phi) is 2.91. The van der Waals surface area contributed by atoms with Crippen molar-refractivity contribution in [2.45, 2.75) is 0 Å². The Balaban J connectivity index is 2.13. The summed E-state index contributed by atoms with van der Waals surface area (Å²) in [4.78, 5) is 24.3. The van der Waals surface area contributed by atoms with Crippen molar-refractivity contribution >= 4 is 22.8 Å². The zero-order valence-corrected chi connectivity index (χ0v) is 8.71. The van der Waals surface area contributed by atoms with Gasteiger partial charge < -0.3 is 14.8 Å². The van der Waals surface area contributed by atoms with Crippen molar-refractivity contribution in [3.63, 3.8) is 0 Å². The number of H-pyrrole nitrogens is 1. The highest BCUT2D eigenvalue weighted by Gasteiger charge is 2.04. The van der Waals surface area contributed by atoms with Crippen LogP contribution in [0, 0.1) is 0 Å². The number of carbonyl (C=O) groups is 2. The van der Waals surface area contributed by atoms with E-state index in [1.807, 2.05) is 24.3 Å². The topological polar surface area (TPSA) is 79.4 Å². The molecular weight excluding hydrogens is 222 g/mol. The summed E-state index contributed by atoms with van der Waals surface area (Å²) in [5.74, 6) is -1.65. The molecule has 86 valence electrons. The van der Waals surface area contributed by atoms with E-state index in [-0.39, 0.29) is 5.88 Å². The first-order chi connectivity index (χ1) is 8.15. The Bertz CT molecular complexity index is 564. The molecule has 0 atom stereocenters. The van der Waals surface area contributed by atoms with Gasteiger partial charge in [-0.05, 0) is 6.07 Å². The molecule has 0 radical (unpaired) electrons. The van der Waals surface area contributed by atoms with Crippen LogP contribution in [0.5, 0.6) is 5.88 Å². The number of rotatable bonds is 3. The van der Waals surface area contributed by atoms with Gasteiger partial charge in [-0.15, -0.1) is 0 Å². The minimum absolute atomic E-state index is 0.284. The number of carboxylic acids is 1. The average molecular weight is 231 g/mol. The molecule has 0 fully saturated rings. The van der Waals surface area contributed by atoms with Gasteiger partial charge in [-0.1, -0.05) is 18.2 Å². The van der Waals surface area contributed by atoms with Gasteiger partial charge in [0.05, 0.1) is 0 Å². The average Bonchev–Trinajstić information content (AvgIpc) is 2.68. The maximum atomic E-state index is 11.2. The lowest BCUT2D eigenvalue weighted by Crippen LogP contribution is -2.04. The lowest BCUT2D eigenvalue weighted by molar-refractivity contribution is -0.133. The molecule has 2 rings (SSSR count). The van der Waals surface area contributed by atoms with E-state index in [0.29, 0.717) is 0 Å². The van der Waals surface area contributed by atoms with Crippen LogP contribution in [-0.2, 0) is 9.59 Å². The van der Waals surface area contributed by atoms with E-state index in [4.69, 9.17) is 9.84 Å². The molecule has 1 heterocycles. The van der Waals surface area contributed by atoms with Gasteiger partial charge in [-0.2, -0.15) is 0 Å². The molecule has 2 N–H and O–H groups in total. The molecule has 1 aromatic carbocycles. The molecule has 0 aliphatic heterocycles. The van der Waals surface area contributed by atoms with Gasteiger partial charge in [0, 0.05) is 29.1 Å². The fourth-order valence-electron chi connectivity index (χ4n) is 1.38. The number of carboxylic acid groups (broad SMARTS) is 1. The summed E-state index contributed by atoms with van der Waals surface area (Å²) in [5, 5.41) is 9.25. The first-order valence-corrected chi connectivity index (χ1v) is 4.86. The summed E-state index contributed by atoms with van der Waals surface area (Å²) in [6.45, 7) is 0. The second-order valence-electron chi connectivity index (χ2n) is 3.31. The van der Waals surface area contributed by atoms with Crippen molar-refractivity contribution in [3.05, 3.63) is 42.5 Å². The van der Waals surface area contributed by atoms with E-state index in [1.54, 1.807) is 6.07 Å². The Hall–Kier alpha value is -2.56. The minimum Gasteiger partial charge on any atom is -0.478 e. The third-order valence-corrected chi connectivity index (χ3v) is 2.08. The van der Waals surface area contributed by atoms with Crippen LogP contribution in [0.3, 0.4) is 0 Å². The smallest absolute Gasteiger partial charge is 0.337 e. The lowest BCUT2D eigenvalue weighted by atomic mass is 10.3. The van der Waals surface area contributed by atoms with Gasteiger partial charge in [-0.25, -0.2) is 9.59 Å². The third kappa shape index (κ3) is 2.72. The summed E-state index contributed by atoms with van der Waals surface area (Å²) in [6, 6.07) is 9.11. The fourth-order valence-corrected chi connectivity index (χ4v) is 1.38. The van der Waals surface area contributed by atoms with Gasteiger partial charge in [0.1, 0.15) is 0 Å². The standard InChI is InChI=1S/C12H9NO4/c14-11(15)5-6-12(16)17-10-7-8-3-1-2-4-9(8)13-10/h1-7,13H,(H,14,15)/b6-5+. The van der Waals surface area contributed by atoms with E-state index in [9.17, 15) is 9.59 Å². The predicted octanol–water partition coefficient (Wildman–Crippen LogP) is 1.71. The van der Waals surface area contributed by atoms with Gasteiger partial charge in [0.15, 0.2) is 0 Å². The van der Waals surface area contributed by atoms with Crippen LogP contribution in [-0.4, -0.2) is 22.0 Å². The Labute approximate surface area is 96.3 Å². The number of nitrogens with one attached hydrogen (secondary N) is 1. The highest BCUT2D eigenvalue weighted by Crippen LogP contribution is 2.19. The van der Waals surface area contributed by atoms with Crippen LogP contribution in [0.15, 0.2) is 42.5 Å². The molecule has 5 heteroatoms. The minimum atomic E-state index is -1.20. The fraction of sp³-hybridized carbons (Fsp3) is 0. The summed E-state index contributed by atoms with van der Waals surface area (Å²) < 4.78 is 4.91. The van der Waals surface area contributed by atoms with E-state index in [0.717, 1.165) is 23.1 Å². The molecule has 0 bridgehead atoms.